The van der Waals surface area contributed by atoms with Crippen molar-refractivity contribution < 1.29 is 36.2 Å². The molecule has 2 aromatic rings. The first-order valence-electron chi connectivity index (χ1n) is 10.0. The molecular formula is C23H23F5O3. The van der Waals surface area contributed by atoms with Gasteiger partial charge in [-0.1, -0.05) is 25.5 Å². The summed E-state index contributed by atoms with van der Waals surface area (Å²) in [6, 6.07) is 8.23. The van der Waals surface area contributed by atoms with Gasteiger partial charge in [-0.05, 0) is 55.0 Å². The molecule has 0 N–H and O–H groups in total. The fourth-order valence-corrected chi connectivity index (χ4v) is 3.55. The van der Waals surface area contributed by atoms with Gasteiger partial charge in [-0.15, -0.1) is 0 Å². The molecule has 3 nitrogen and oxygen atoms in total. The number of halogens is 5. The van der Waals surface area contributed by atoms with E-state index in [0.717, 1.165) is 43.4 Å². The SMILES string of the molecule is CCCC1CCC(c2ccc(C(F)(F)Oc3ccc(OC=C(F)F)c(F)c3)cc2)OC1. The summed E-state index contributed by atoms with van der Waals surface area (Å²) in [5.74, 6) is -1.58. The first-order valence-corrected chi connectivity index (χ1v) is 10.0. The van der Waals surface area contributed by atoms with E-state index >= 15 is 0 Å². The second kappa shape index (κ2) is 10.1. The Morgan fingerprint density at radius 3 is 2.45 bits per heavy atom. The third-order valence-corrected chi connectivity index (χ3v) is 5.11. The van der Waals surface area contributed by atoms with Crippen molar-refractivity contribution in [1.29, 1.82) is 0 Å². The summed E-state index contributed by atoms with van der Waals surface area (Å²) in [5, 5.41) is 0. The largest absolute Gasteiger partial charge is 0.456 e. The normalized spacial score (nSPS) is 19.0. The Kier molecular flexibility index (Phi) is 7.54. The topological polar surface area (TPSA) is 27.7 Å². The summed E-state index contributed by atoms with van der Waals surface area (Å²) in [6.45, 7) is 2.80. The van der Waals surface area contributed by atoms with Crippen LogP contribution < -0.4 is 9.47 Å². The zero-order valence-corrected chi connectivity index (χ0v) is 16.9. The van der Waals surface area contributed by atoms with Crippen LogP contribution in [0.3, 0.4) is 0 Å². The maximum atomic E-state index is 14.5. The van der Waals surface area contributed by atoms with Gasteiger partial charge in [-0.2, -0.15) is 17.6 Å². The molecule has 1 aliphatic rings. The van der Waals surface area contributed by atoms with Crippen LogP contribution in [0.25, 0.3) is 0 Å². The molecule has 1 saturated heterocycles. The molecule has 1 fully saturated rings. The van der Waals surface area contributed by atoms with Crippen LogP contribution in [0.1, 0.15) is 49.8 Å². The Bertz CT molecular complexity index is 887. The van der Waals surface area contributed by atoms with E-state index in [-0.39, 0.29) is 12.4 Å². The Labute approximate surface area is 177 Å². The molecule has 168 valence electrons. The molecule has 2 unspecified atom stereocenters. The van der Waals surface area contributed by atoms with E-state index in [9.17, 15) is 22.0 Å². The van der Waals surface area contributed by atoms with Gasteiger partial charge in [0.1, 0.15) is 5.75 Å². The lowest BCUT2D eigenvalue weighted by Crippen LogP contribution is -2.23. The third kappa shape index (κ3) is 6.19. The van der Waals surface area contributed by atoms with Crippen molar-refractivity contribution in [3.05, 3.63) is 71.8 Å². The molecule has 0 amide bonds. The Morgan fingerprint density at radius 2 is 1.87 bits per heavy atom. The van der Waals surface area contributed by atoms with Crippen LogP contribution in [0, 0.1) is 11.7 Å². The molecule has 0 aromatic heterocycles. The van der Waals surface area contributed by atoms with Gasteiger partial charge in [-0.25, -0.2) is 4.39 Å². The van der Waals surface area contributed by atoms with Gasteiger partial charge in [0.25, 0.3) is 0 Å². The van der Waals surface area contributed by atoms with Gasteiger partial charge >= 0.3 is 12.2 Å². The highest BCUT2D eigenvalue weighted by Crippen LogP contribution is 2.36. The molecule has 0 spiro atoms. The van der Waals surface area contributed by atoms with Crippen molar-refractivity contribution in [3.8, 4) is 11.5 Å². The lowest BCUT2D eigenvalue weighted by Gasteiger charge is -2.29. The zero-order valence-electron chi connectivity index (χ0n) is 16.9. The Morgan fingerprint density at radius 1 is 1.13 bits per heavy atom. The summed E-state index contributed by atoms with van der Waals surface area (Å²) < 4.78 is 81.9. The van der Waals surface area contributed by atoms with Crippen LogP contribution in [-0.4, -0.2) is 6.61 Å². The molecule has 3 rings (SSSR count). The maximum absolute atomic E-state index is 14.5. The number of rotatable bonds is 8. The highest BCUT2D eigenvalue weighted by molar-refractivity contribution is 5.35. The summed E-state index contributed by atoms with van der Waals surface area (Å²) in [5.41, 5.74) is 0.411. The number of benzene rings is 2. The molecule has 31 heavy (non-hydrogen) atoms. The molecule has 8 heteroatoms. The van der Waals surface area contributed by atoms with Gasteiger partial charge < -0.3 is 14.2 Å². The van der Waals surface area contributed by atoms with E-state index in [1.54, 1.807) is 12.1 Å². The highest BCUT2D eigenvalue weighted by Gasteiger charge is 2.35. The van der Waals surface area contributed by atoms with Gasteiger partial charge in [-0.3, -0.25) is 0 Å². The van der Waals surface area contributed by atoms with Crippen molar-refractivity contribution in [1.82, 2.24) is 0 Å². The molecule has 2 atom stereocenters. The zero-order chi connectivity index (χ0) is 22.4. The second-order valence-electron chi connectivity index (χ2n) is 7.41. The maximum Gasteiger partial charge on any atom is 0.426 e. The minimum atomic E-state index is -3.72. The molecular weight excluding hydrogens is 419 g/mol. The monoisotopic (exact) mass is 442 g/mol. The van der Waals surface area contributed by atoms with Crippen molar-refractivity contribution in [2.75, 3.05) is 6.61 Å². The van der Waals surface area contributed by atoms with Crippen LogP contribution >= 0.6 is 0 Å². The van der Waals surface area contributed by atoms with Crippen molar-refractivity contribution in [2.45, 2.75) is 44.8 Å². The average molecular weight is 442 g/mol. The fourth-order valence-electron chi connectivity index (χ4n) is 3.55. The number of ether oxygens (including phenoxy) is 3. The van der Waals surface area contributed by atoms with Crippen LogP contribution in [0.4, 0.5) is 22.0 Å². The third-order valence-electron chi connectivity index (χ3n) is 5.11. The predicted octanol–water partition coefficient (Wildman–Crippen LogP) is 7.34. The molecule has 0 aliphatic carbocycles. The molecule has 1 aliphatic heterocycles. The summed E-state index contributed by atoms with van der Waals surface area (Å²) in [6.07, 6.45) is -1.85. The smallest absolute Gasteiger partial charge is 0.426 e. The van der Waals surface area contributed by atoms with Gasteiger partial charge in [0.2, 0.25) is 0 Å². The van der Waals surface area contributed by atoms with Crippen LogP contribution in [-0.2, 0) is 10.8 Å². The van der Waals surface area contributed by atoms with E-state index < -0.39 is 35.1 Å². The van der Waals surface area contributed by atoms with Crippen molar-refractivity contribution >= 4 is 0 Å². The fraction of sp³-hybridized carbons (Fsp3) is 0.391. The minimum absolute atomic E-state index is 0.0507. The molecule has 2 aromatic carbocycles. The van der Waals surface area contributed by atoms with Gasteiger partial charge in [0.15, 0.2) is 17.8 Å². The van der Waals surface area contributed by atoms with Crippen LogP contribution in [0.2, 0.25) is 0 Å². The van der Waals surface area contributed by atoms with E-state index in [0.29, 0.717) is 18.6 Å². The van der Waals surface area contributed by atoms with Gasteiger partial charge in [0, 0.05) is 6.07 Å². The molecule has 0 saturated carbocycles. The van der Waals surface area contributed by atoms with E-state index in [2.05, 4.69) is 16.4 Å². The molecule has 0 radical (unpaired) electrons. The minimum Gasteiger partial charge on any atom is -0.456 e. The summed E-state index contributed by atoms with van der Waals surface area (Å²) in [7, 11) is 0. The number of hydrogen-bond acceptors (Lipinski definition) is 3. The number of alkyl halides is 2. The first-order chi connectivity index (χ1) is 14.8. The summed E-state index contributed by atoms with van der Waals surface area (Å²) >= 11 is 0. The Balaban J connectivity index is 1.64. The standard InChI is InChI=1S/C23H23F5O3/c1-2-3-15-4-10-20(29-13-15)16-5-7-17(8-6-16)23(27,28)31-18-9-11-21(19(24)12-18)30-14-22(25)26/h5-9,11-12,14-15,20H,2-4,10,13H2,1H3. The molecule has 1 heterocycles. The van der Waals surface area contributed by atoms with Crippen molar-refractivity contribution in [2.24, 2.45) is 5.92 Å². The predicted molar refractivity (Wildman–Crippen MR) is 105 cm³/mol. The lowest BCUT2D eigenvalue weighted by atomic mass is 9.91. The molecule has 0 bridgehead atoms. The number of hydrogen-bond donors (Lipinski definition) is 0. The van der Waals surface area contributed by atoms with E-state index in [1.165, 1.54) is 12.1 Å². The van der Waals surface area contributed by atoms with E-state index in [1.807, 2.05) is 0 Å². The lowest BCUT2D eigenvalue weighted by molar-refractivity contribution is -0.185. The Hall–Kier alpha value is -2.61. The van der Waals surface area contributed by atoms with Crippen LogP contribution in [0.15, 0.2) is 54.8 Å². The average Bonchev–Trinajstić information content (AvgIpc) is 2.74. The van der Waals surface area contributed by atoms with Crippen molar-refractivity contribution in [3.63, 3.8) is 0 Å². The summed E-state index contributed by atoms with van der Waals surface area (Å²) in [4.78, 5) is 0. The first kappa shape index (κ1) is 23.1. The van der Waals surface area contributed by atoms with Gasteiger partial charge in [0.05, 0.1) is 18.3 Å². The highest BCUT2D eigenvalue weighted by atomic mass is 19.3. The van der Waals surface area contributed by atoms with E-state index in [4.69, 9.17) is 4.74 Å². The second-order valence-corrected chi connectivity index (χ2v) is 7.41. The van der Waals surface area contributed by atoms with Crippen LogP contribution in [0.5, 0.6) is 11.5 Å². The quantitative estimate of drug-likeness (QED) is 0.316.